The van der Waals surface area contributed by atoms with E-state index >= 15 is 0 Å². The highest BCUT2D eigenvalue weighted by atomic mass is 14.6. The van der Waals surface area contributed by atoms with Gasteiger partial charge >= 0.3 is 0 Å². The van der Waals surface area contributed by atoms with Crippen molar-refractivity contribution in [2.75, 3.05) is 7.05 Å². The Morgan fingerprint density at radius 3 is 2.07 bits per heavy atom. The van der Waals surface area contributed by atoms with E-state index < -0.39 is 0 Å². The summed E-state index contributed by atoms with van der Waals surface area (Å²) >= 11 is 0. The zero-order valence-electron chi connectivity index (χ0n) is 8.90. The lowest BCUT2D eigenvalue weighted by atomic mass is 10.2. The van der Waals surface area contributed by atoms with Crippen LogP contribution in [0.4, 0.5) is 0 Å². The van der Waals surface area contributed by atoms with Gasteiger partial charge in [-0.25, -0.2) is 0 Å². The molecule has 0 N–H and O–H groups in total. The molecule has 0 aromatic rings. The SMILES string of the molecule is C=C(/C=C\C)/C=C\C=C/C(=C)/C=N\C. The van der Waals surface area contributed by atoms with E-state index in [0.717, 1.165) is 11.1 Å². The van der Waals surface area contributed by atoms with Gasteiger partial charge in [-0.3, -0.25) is 4.99 Å². The summed E-state index contributed by atoms with van der Waals surface area (Å²) in [6, 6.07) is 0. The largest absolute Gasteiger partial charge is 0.296 e. The summed E-state index contributed by atoms with van der Waals surface area (Å²) in [5.41, 5.74) is 1.86. The fourth-order valence-corrected chi connectivity index (χ4v) is 0.837. The minimum absolute atomic E-state index is 0.883. The summed E-state index contributed by atoms with van der Waals surface area (Å²) in [5.74, 6) is 0. The van der Waals surface area contributed by atoms with Gasteiger partial charge in [0.15, 0.2) is 0 Å². The Kier molecular flexibility index (Phi) is 7.06. The number of hydrogen-bond donors (Lipinski definition) is 0. The van der Waals surface area contributed by atoms with Gasteiger partial charge in [-0.1, -0.05) is 49.6 Å². The van der Waals surface area contributed by atoms with Crippen LogP contribution in [0.2, 0.25) is 0 Å². The fourth-order valence-electron chi connectivity index (χ4n) is 0.837. The second-order valence-corrected chi connectivity index (χ2v) is 2.76. The summed E-state index contributed by atoms with van der Waals surface area (Å²) in [7, 11) is 1.72. The number of aliphatic imine (C=N–C) groups is 1. The normalized spacial score (nSPS) is 12.4. The van der Waals surface area contributed by atoms with Gasteiger partial charge in [0.25, 0.3) is 0 Å². The van der Waals surface area contributed by atoms with Crippen LogP contribution in [-0.2, 0) is 0 Å². The first-order valence-electron chi connectivity index (χ1n) is 4.48. The third-order valence-electron chi connectivity index (χ3n) is 1.41. The molecule has 0 radical (unpaired) electrons. The van der Waals surface area contributed by atoms with Gasteiger partial charge in [0, 0.05) is 13.3 Å². The molecule has 0 unspecified atom stereocenters. The van der Waals surface area contributed by atoms with Crippen LogP contribution < -0.4 is 0 Å². The van der Waals surface area contributed by atoms with E-state index in [9.17, 15) is 0 Å². The van der Waals surface area contributed by atoms with Crippen molar-refractivity contribution in [3.8, 4) is 0 Å². The molecular formula is C13H17N. The van der Waals surface area contributed by atoms with Gasteiger partial charge in [0.1, 0.15) is 0 Å². The second kappa shape index (κ2) is 7.99. The molecule has 0 aliphatic heterocycles. The molecule has 0 saturated heterocycles. The predicted octanol–water partition coefficient (Wildman–Crippen LogP) is 3.49. The van der Waals surface area contributed by atoms with E-state index in [-0.39, 0.29) is 0 Å². The van der Waals surface area contributed by atoms with Gasteiger partial charge in [0.2, 0.25) is 0 Å². The van der Waals surface area contributed by atoms with Gasteiger partial charge in [-0.05, 0) is 18.1 Å². The van der Waals surface area contributed by atoms with Crippen molar-refractivity contribution in [1.29, 1.82) is 0 Å². The lowest BCUT2D eigenvalue weighted by Gasteiger charge is -1.86. The first-order chi connectivity index (χ1) is 6.70. The molecule has 0 atom stereocenters. The average molecular weight is 187 g/mol. The monoisotopic (exact) mass is 187 g/mol. The van der Waals surface area contributed by atoms with Crippen molar-refractivity contribution in [3.63, 3.8) is 0 Å². The molecule has 74 valence electrons. The van der Waals surface area contributed by atoms with Crippen molar-refractivity contribution >= 4 is 6.21 Å². The Bertz CT molecular complexity index is 269. The molecule has 0 aliphatic rings. The summed E-state index contributed by atoms with van der Waals surface area (Å²) in [6.45, 7) is 9.60. The van der Waals surface area contributed by atoms with Crippen molar-refractivity contribution in [3.05, 3.63) is 60.8 Å². The van der Waals surface area contributed by atoms with Crippen LogP contribution in [-0.4, -0.2) is 13.3 Å². The van der Waals surface area contributed by atoms with Crippen molar-refractivity contribution in [2.24, 2.45) is 4.99 Å². The molecule has 14 heavy (non-hydrogen) atoms. The molecule has 0 saturated carbocycles. The van der Waals surface area contributed by atoms with Crippen LogP contribution in [0.25, 0.3) is 0 Å². The highest BCUT2D eigenvalue weighted by Gasteiger charge is 1.78. The number of allylic oxidation sites excluding steroid dienone is 8. The Morgan fingerprint density at radius 2 is 1.57 bits per heavy atom. The number of rotatable bonds is 5. The van der Waals surface area contributed by atoms with Gasteiger partial charge < -0.3 is 0 Å². The first-order valence-corrected chi connectivity index (χ1v) is 4.48. The molecule has 0 bridgehead atoms. The van der Waals surface area contributed by atoms with E-state index in [4.69, 9.17) is 0 Å². The van der Waals surface area contributed by atoms with Gasteiger partial charge in [-0.2, -0.15) is 0 Å². The Balaban J connectivity index is 4.04. The zero-order chi connectivity index (χ0) is 10.8. The van der Waals surface area contributed by atoms with Crippen LogP contribution in [0, 0.1) is 0 Å². The predicted molar refractivity (Wildman–Crippen MR) is 65.8 cm³/mol. The molecule has 1 nitrogen and oxygen atoms in total. The van der Waals surface area contributed by atoms with E-state index in [1.807, 2.05) is 43.4 Å². The number of hydrogen-bond acceptors (Lipinski definition) is 1. The molecule has 0 aromatic carbocycles. The molecule has 0 amide bonds. The summed E-state index contributed by atoms with van der Waals surface area (Å²) in [4.78, 5) is 3.85. The van der Waals surface area contributed by atoms with Crippen molar-refractivity contribution in [1.82, 2.24) is 0 Å². The topological polar surface area (TPSA) is 12.4 Å². The average Bonchev–Trinajstić information content (AvgIpc) is 2.13. The van der Waals surface area contributed by atoms with E-state index in [1.54, 1.807) is 13.3 Å². The van der Waals surface area contributed by atoms with Crippen molar-refractivity contribution < 1.29 is 0 Å². The fraction of sp³-hybridized carbons (Fsp3) is 0.154. The first kappa shape index (κ1) is 12.4. The molecule has 0 rings (SSSR count). The smallest absolute Gasteiger partial charge is 0.0277 e. The van der Waals surface area contributed by atoms with Crippen LogP contribution >= 0.6 is 0 Å². The maximum Gasteiger partial charge on any atom is 0.0277 e. The summed E-state index contributed by atoms with van der Waals surface area (Å²) < 4.78 is 0. The third kappa shape index (κ3) is 7.04. The standard InChI is InChI=1S/C13H17N/c1-5-8-12(2)9-6-7-10-13(3)11-14-4/h5-11H,2-3H2,1,4H3/b8-5-,9-6-,10-7-,14-11-. The van der Waals surface area contributed by atoms with Crippen LogP contribution in [0.15, 0.2) is 65.8 Å². The second-order valence-electron chi connectivity index (χ2n) is 2.76. The third-order valence-corrected chi connectivity index (χ3v) is 1.41. The van der Waals surface area contributed by atoms with Crippen LogP contribution in [0.1, 0.15) is 6.92 Å². The minimum atomic E-state index is 0.883. The maximum absolute atomic E-state index is 3.85. The summed E-state index contributed by atoms with van der Waals surface area (Å²) in [5, 5.41) is 0. The van der Waals surface area contributed by atoms with Crippen LogP contribution in [0.5, 0.6) is 0 Å². The Hall–Kier alpha value is -1.63. The van der Waals surface area contributed by atoms with Gasteiger partial charge in [-0.15, -0.1) is 0 Å². The van der Waals surface area contributed by atoms with E-state index in [2.05, 4.69) is 18.2 Å². The van der Waals surface area contributed by atoms with Crippen molar-refractivity contribution in [2.45, 2.75) is 6.92 Å². The molecule has 0 spiro atoms. The molecular weight excluding hydrogens is 170 g/mol. The minimum Gasteiger partial charge on any atom is -0.296 e. The summed E-state index contributed by atoms with van der Waals surface area (Å²) in [6.07, 6.45) is 13.3. The van der Waals surface area contributed by atoms with Crippen LogP contribution in [0.3, 0.4) is 0 Å². The van der Waals surface area contributed by atoms with E-state index in [0.29, 0.717) is 0 Å². The van der Waals surface area contributed by atoms with E-state index in [1.165, 1.54) is 0 Å². The molecule has 0 aromatic heterocycles. The highest BCUT2D eigenvalue weighted by Crippen LogP contribution is 1.96. The maximum atomic E-state index is 3.85. The molecule has 1 heteroatoms. The molecule has 0 heterocycles. The zero-order valence-corrected chi connectivity index (χ0v) is 8.90. The molecule has 0 aliphatic carbocycles. The Labute approximate surface area is 86.6 Å². The Morgan fingerprint density at radius 1 is 1.00 bits per heavy atom. The number of nitrogens with zero attached hydrogens (tertiary/aromatic N) is 1. The quantitative estimate of drug-likeness (QED) is 0.461. The molecule has 0 fully saturated rings. The highest BCUT2D eigenvalue weighted by molar-refractivity contribution is 5.81. The van der Waals surface area contributed by atoms with Gasteiger partial charge in [0.05, 0.1) is 0 Å². The lowest BCUT2D eigenvalue weighted by molar-refractivity contribution is 1.47. The lowest BCUT2D eigenvalue weighted by Crippen LogP contribution is -1.74.